The van der Waals surface area contributed by atoms with Crippen LogP contribution in [0.3, 0.4) is 0 Å². The molecule has 34 heavy (non-hydrogen) atoms. The van der Waals surface area contributed by atoms with E-state index in [2.05, 4.69) is 10.3 Å². The number of pyridine rings is 1. The van der Waals surface area contributed by atoms with Gasteiger partial charge in [0.2, 0.25) is 5.88 Å². The Morgan fingerprint density at radius 3 is 2.56 bits per heavy atom. The summed E-state index contributed by atoms with van der Waals surface area (Å²) in [5.74, 6) is -0.417. The molecule has 1 N–H and O–H groups in total. The van der Waals surface area contributed by atoms with Crippen molar-refractivity contribution in [2.45, 2.75) is 20.4 Å². The summed E-state index contributed by atoms with van der Waals surface area (Å²) in [6, 6.07) is 16.3. The van der Waals surface area contributed by atoms with E-state index in [1.807, 2.05) is 54.8 Å². The molecule has 4 rings (SSSR count). The van der Waals surface area contributed by atoms with Crippen LogP contribution in [0.2, 0.25) is 5.02 Å². The largest absolute Gasteiger partial charge is 0.494 e. The molecule has 0 saturated carbocycles. The molecular formula is C26H24ClN3O4. The van der Waals surface area contributed by atoms with Crippen LogP contribution in [0.25, 0.3) is 10.9 Å². The number of Topliss-reactive ketones (excluding diaryl/α,β-unsaturated/α-hetero) is 1. The number of amides is 1. The highest BCUT2D eigenvalue weighted by molar-refractivity contribution is 6.48. The number of hydrogen-bond acceptors (Lipinski definition) is 5. The molecule has 0 aliphatic carbocycles. The molecule has 0 aliphatic rings. The number of ether oxygens (including phenoxy) is 2. The van der Waals surface area contributed by atoms with Crippen molar-refractivity contribution in [3.05, 3.63) is 82.6 Å². The van der Waals surface area contributed by atoms with Crippen LogP contribution in [0.5, 0.6) is 11.6 Å². The van der Waals surface area contributed by atoms with Crippen molar-refractivity contribution in [2.75, 3.05) is 19.0 Å². The molecule has 1 amide bonds. The number of hydrogen-bond donors (Lipinski definition) is 1. The lowest BCUT2D eigenvalue weighted by Gasteiger charge is -2.10. The predicted molar refractivity (Wildman–Crippen MR) is 132 cm³/mol. The maximum absolute atomic E-state index is 13.4. The van der Waals surface area contributed by atoms with Crippen LogP contribution in [0.1, 0.15) is 28.5 Å². The van der Waals surface area contributed by atoms with E-state index in [0.29, 0.717) is 52.1 Å². The smallest absolute Gasteiger partial charge is 0.296 e. The van der Waals surface area contributed by atoms with Gasteiger partial charge >= 0.3 is 0 Å². The van der Waals surface area contributed by atoms with E-state index < -0.39 is 11.7 Å². The lowest BCUT2D eigenvalue weighted by molar-refractivity contribution is -0.112. The molecule has 8 heteroatoms. The normalized spacial score (nSPS) is 10.8. The number of halogens is 1. The zero-order valence-corrected chi connectivity index (χ0v) is 19.8. The van der Waals surface area contributed by atoms with E-state index in [-0.39, 0.29) is 0 Å². The minimum absolute atomic E-state index is 0.336. The molecule has 2 aromatic heterocycles. The molecule has 174 valence electrons. The third kappa shape index (κ3) is 4.75. The molecule has 2 heterocycles. The first-order chi connectivity index (χ1) is 16.4. The van der Waals surface area contributed by atoms with Crippen molar-refractivity contribution >= 4 is 39.9 Å². The molecule has 0 bridgehead atoms. The van der Waals surface area contributed by atoms with Gasteiger partial charge in [0.25, 0.3) is 11.7 Å². The fraction of sp³-hybridized carbons (Fsp3) is 0.192. The Balaban J connectivity index is 1.75. The van der Waals surface area contributed by atoms with Gasteiger partial charge < -0.3 is 19.4 Å². The Kier molecular flexibility index (Phi) is 6.84. The molecule has 0 unspecified atom stereocenters. The number of methoxy groups -OCH3 is 1. The van der Waals surface area contributed by atoms with Crippen molar-refractivity contribution in [1.29, 1.82) is 0 Å². The van der Waals surface area contributed by atoms with Gasteiger partial charge in [0.1, 0.15) is 5.75 Å². The van der Waals surface area contributed by atoms with Crippen LogP contribution >= 0.6 is 11.6 Å². The average Bonchev–Trinajstić information content (AvgIpc) is 3.10. The van der Waals surface area contributed by atoms with E-state index in [1.165, 1.54) is 13.3 Å². The molecular weight excluding hydrogens is 454 g/mol. The Morgan fingerprint density at radius 2 is 1.85 bits per heavy atom. The summed E-state index contributed by atoms with van der Waals surface area (Å²) in [4.78, 5) is 30.3. The van der Waals surface area contributed by atoms with E-state index in [4.69, 9.17) is 21.1 Å². The van der Waals surface area contributed by atoms with Gasteiger partial charge in [-0.3, -0.25) is 9.59 Å². The quantitative estimate of drug-likeness (QED) is 0.276. The standard InChI is InChI=1S/C26H24ClN3O4/c1-4-34-20-9-10-22-21(14-20)24(16(2)30(22)15-17-5-7-18(27)8-6-17)25(31)26(32)29-19-11-12-28-23(13-19)33-3/h5-14H,4,15H2,1-3H3,(H,28,29,32). The van der Waals surface area contributed by atoms with E-state index in [0.717, 1.165) is 11.1 Å². The van der Waals surface area contributed by atoms with Crippen molar-refractivity contribution < 1.29 is 19.1 Å². The van der Waals surface area contributed by atoms with Gasteiger partial charge in [-0.15, -0.1) is 0 Å². The average molecular weight is 478 g/mol. The molecule has 0 atom stereocenters. The maximum atomic E-state index is 13.4. The number of carbonyl (C=O) groups is 2. The van der Waals surface area contributed by atoms with Crippen LogP contribution in [-0.2, 0) is 11.3 Å². The first-order valence-corrected chi connectivity index (χ1v) is 11.1. The Bertz CT molecular complexity index is 1360. The van der Waals surface area contributed by atoms with Crippen LogP contribution in [0, 0.1) is 6.92 Å². The number of aromatic nitrogens is 2. The number of carbonyl (C=O) groups excluding carboxylic acids is 2. The van der Waals surface area contributed by atoms with Gasteiger partial charge in [0.15, 0.2) is 0 Å². The topological polar surface area (TPSA) is 82.5 Å². The van der Waals surface area contributed by atoms with Crippen molar-refractivity contribution in [2.24, 2.45) is 0 Å². The number of benzene rings is 2. The van der Waals surface area contributed by atoms with E-state index >= 15 is 0 Å². The molecule has 0 saturated heterocycles. The second kappa shape index (κ2) is 9.97. The lowest BCUT2D eigenvalue weighted by atomic mass is 10.1. The zero-order valence-electron chi connectivity index (χ0n) is 19.1. The van der Waals surface area contributed by atoms with Crippen molar-refractivity contribution in [3.8, 4) is 11.6 Å². The molecule has 0 radical (unpaired) electrons. The Morgan fingerprint density at radius 1 is 1.09 bits per heavy atom. The molecule has 0 aliphatic heterocycles. The Labute approximate surface area is 202 Å². The lowest BCUT2D eigenvalue weighted by Crippen LogP contribution is -2.23. The third-order valence-corrected chi connectivity index (χ3v) is 5.75. The van der Waals surface area contributed by atoms with Gasteiger partial charge in [-0.05, 0) is 55.8 Å². The van der Waals surface area contributed by atoms with Gasteiger partial charge in [-0.2, -0.15) is 0 Å². The highest BCUT2D eigenvalue weighted by Gasteiger charge is 2.26. The molecule has 2 aromatic carbocycles. The first-order valence-electron chi connectivity index (χ1n) is 10.8. The van der Waals surface area contributed by atoms with Gasteiger partial charge in [-0.25, -0.2) is 4.98 Å². The van der Waals surface area contributed by atoms with Crippen molar-refractivity contribution in [3.63, 3.8) is 0 Å². The van der Waals surface area contributed by atoms with Crippen LogP contribution in [0.4, 0.5) is 5.69 Å². The number of rotatable bonds is 8. The Hall–Kier alpha value is -3.84. The summed E-state index contributed by atoms with van der Waals surface area (Å²) in [6.07, 6.45) is 1.50. The number of anilines is 1. The summed E-state index contributed by atoms with van der Waals surface area (Å²) in [6.45, 7) is 4.74. The molecule has 0 spiro atoms. The fourth-order valence-corrected chi connectivity index (χ4v) is 4.01. The fourth-order valence-electron chi connectivity index (χ4n) is 3.88. The monoisotopic (exact) mass is 477 g/mol. The SMILES string of the molecule is CCOc1ccc2c(c1)c(C(=O)C(=O)Nc1ccnc(OC)c1)c(C)n2Cc1ccc(Cl)cc1. The number of fused-ring (bicyclic) bond motifs is 1. The summed E-state index contributed by atoms with van der Waals surface area (Å²) >= 11 is 6.03. The minimum atomic E-state index is -0.747. The minimum Gasteiger partial charge on any atom is -0.494 e. The van der Waals surface area contributed by atoms with Crippen LogP contribution in [-0.4, -0.2) is 35.0 Å². The summed E-state index contributed by atoms with van der Waals surface area (Å²) in [5, 5.41) is 3.96. The van der Waals surface area contributed by atoms with Gasteiger partial charge in [0, 0.05) is 46.1 Å². The van der Waals surface area contributed by atoms with Gasteiger partial charge in [-0.1, -0.05) is 23.7 Å². The summed E-state index contributed by atoms with van der Waals surface area (Å²) < 4.78 is 12.8. The predicted octanol–water partition coefficient (Wildman–Crippen LogP) is 5.28. The highest BCUT2D eigenvalue weighted by atomic mass is 35.5. The second-order valence-corrected chi connectivity index (χ2v) is 8.09. The molecule has 7 nitrogen and oxygen atoms in total. The van der Waals surface area contributed by atoms with Gasteiger partial charge in [0.05, 0.1) is 19.3 Å². The summed E-state index contributed by atoms with van der Waals surface area (Å²) in [5.41, 5.74) is 3.29. The number of ketones is 1. The number of nitrogens with zero attached hydrogens (tertiary/aromatic N) is 2. The highest BCUT2D eigenvalue weighted by Crippen LogP contribution is 2.31. The molecule has 4 aromatic rings. The molecule has 0 fully saturated rings. The third-order valence-electron chi connectivity index (χ3n) is 5.49. The summed E-state index contributed by atoms with van der Waals surface area (Å²) in [7, 11) is 1.48. The van der Waals surface area contributed by atoms with Crippen molar-refractivity contribution in [1.82, 2.24) is 9.55 Å². The van der Waals surface area contributed by atoms with E-state index in [1.54, 1.807) is 18.2 Å². The first kappa shape index (κ1) is 23.3. The number of nitrogens with one attached hydrogen (secondary N) is 1. The van der Waals surface area contributed by atoms with Crippen LogP contribution in [0.15, 0.2) is 60.8 Å². The van der Waals surface area contributed by atoms with E-state index in [9.17, 15) is 9.59 Å². The second-order valence-electron chi connectivity index (χ2n) is 7.66. The zero-order chi connectivity index (χ0) is 24.2. The van der Waals surface area contributed by atoms with Crippen LogP contribution < -0.4 is 14.8 Å². The maximum Gasteiger partial charge on any atom is 0.296 e.